The Balaban J connectivity index is 1.32. The molecule has 0 saturated carbocycles. The van der Waals surface area contributed by atoms with Crippen molar-refractivity contribution in [2.75, 3.05) is 0 Å². The number of phenolic OH excluding ortho intramolecular Hbond substituents is 2. The fourth-order valence-corrected chi connectivity index (χ4v) is 8.06. The van der Waals surface area contributed by atoms with Crippen LogP contribution in [0.2, 0.25) is 0 Å². The van der Waals surface area contributed by atoms with E-state index in [4.69, 9.17) is 59.9 Å². The van der Waals surface area contributed by atoms with Crippen molar-refractivity contribution in [2.45, 2.75) is 10.6 Å². The summed E-state index contributed by atoms with van der Waals surface area (Å²) in [6, 6.07) is 43.6. The molecular weight excluding hydrogens is 692 g/mol. The predicted octanol–water partition coefficient (Wildman–Crippen LogP) is 4.75. The van der Waals surface area contributed by atoms with E-state index in [1.54, 1.807) is 10.6 Å². The zero-order chi connectivity index (χ0) is 40.0. The number of hydrogen-bond acceptors (Lipinski definition) is 4. The number of aliphatic hydroxyl groups is 1. The normalized spacial score (nSPS) is 12.2. The minimum atomic E-state index is -2.50. The maximum Gasteiger partial charge on any atom is 0.120 e. The van der Waals surface area contributed by atoms with Crippen LogP contribution in [0.1, 0.15) is 5.82 Å². The highest BCUT2D eigenvalue weighted by Crippen LogP contribution is 2.47. The minimum Gasteiger partial charge on any atom is -0.509 e. The van der Waals surface area contributed by atoms with Crippen molar-refractivity contribution in [1.82, 2.24) is 9.55 Å². The SMILES string of the molecule is [B]c1c([B])c(O)c(-c2cccc(-c3c4ccccc4c(-c4ccc(-n5c(C([B])([B])C([B])([B])O)nc6ccccc65)c5ccccc45)c4ccccc34)c2)c([B])c1O. The van der Waals surface area contributed by atoms with Gasteiger partial charge in [0, 0.05) is 10.9 Å². The first-order valence-electron chi connectivity index (χ1n) is 18.1. The van der Waals surface area contributed by atoms with Crippen molar-refractivity contribution < 1.29 is 15.3 Å². The summed E-state index contributed by atoms with van der Waals surface area (Å²) in [5.41, 5.74) is 6.15. The fourth-order valence-electron chi connectivity index (χ4n) is 8.06. The van der Waals surface area contributed by atoms with Crippen molar-refractivity contribution in [2.24, 2.45) is 0 Å². The highest BCUT2D eigenvalue weighted by molar-refractivity contribution is 6.55. The van der Waals surface area contributed by atoms with Gasteiger partial charge in [-0.2, -0.15) is 0 Å². The lowest BCUT2D eigenvalue weighted by Gasteiger charge is -2.39. The van der Waals surface area contributed by atoms with Gasteiger partial charge in [0.25, 0.3) is 0 Å². The second kappa shape index (κ2) is 13.3. The van der Waals surface area contributed by atoms with Gasteiger partial charge < -0.3 is 15.3 Å². The Morgan fingerprint density at radius 1 is 0.491 bits per heavy atom. The number of phenols is 2. The molecule has 0 saturated heterocycles. The largest absolute Gasteiger partial charge is 0.509 e. The van der Waals surface area contributed by atoms with Crippen molar-refractivity contribution in [3.63, 3.8) is 0 Å². The molecule has 9 rings (SSSR count). The van der Waals surface area contributed by atoms with E-state index in [-0.39, 0.29) is 39.3 Å². The van der Waals surface area contributed by atoms with Crippen LogP contribution < -0.4 is 16.4 Å². The first-order valence-corrected chi connectivity index (χ1v) is 18.1. The van der Waals surface area contributed by atoms with Crippen LogP contribution in [0.4, 0.5) is 0 Å². The van der Waals surface area contributed by atoms with Gasteiger partial charge in [0.15, 0.2) is 0 Å². The molecule has 5 nitrogen and oxygen atoms in total. The number of aromatic hydroxyl groups is 2. The zero-order valence-corrected chi connectivity index (χ0v) is 30.5. The molecule has 0 spiro atoms. The van der Waals surface area contributed by atoms with Crippen molar-refractivity contribution in [3.8, 4) is 50.6 Å². The number of imidazole rings is 1. The van der Waals surface area contributed by atoms with E-state index < -0.39 is 10.6 Å². The third-order valence-corrected chi connectivity index (χ3v) is 10.9. The maximum absolute atomic E-state index is 11.1. The van der Waals surface area contributed by atoms with E-state index in [2.05, 4.69) is 36.4 Å². The lowest BCUT2D eigenvalue weighted by molar-refractivity contribution is 0.189. The average Bonchev–Trinajstić information content (AvgIpc) is 3.61. The average molecular weight is 717 g/mol. The molecule has 12 heteroatoms. The second-order valence-corrected chi connectivity index (χ2v) is 14.4. The van der Waals surface area contributed by atoms with E-state index in [1.165, 1.54) is 0 Å². The van der Waals surface area contributed by atoms with E-state index in [0.717, 1.165) is 54.6 Å². The third-order valence-electron chi connectivity index (χ3n) is 10.9. The first-order chi connectivity index (χ1) is 27.3. The Morgan fingerprint density at radius 3 is 1.61 bits per heavy atom. The van der Waals surface area contributed by atoms with Crippen LogP contribution in [-0.4, -0.2) is 85.2 Å². The summed E-state index contributed by atoms with van der Waals surface area (Å²) in [5.74, 6) is -0.600. The van der Waals surface area contributed by atoms with Gasteiger partial charge in [0.1, 0.15) is 40.9 Å². The predicted molar refractivity (Wildman–Crippen MR) is 239 cm³/mol. The van der Waals surface area contributed by atoms with Gasteiger partial charge in [-0.3, -0.25) is 4.57 Å². The summed E-state index contributed by atoms with van der Waals surface area (Å²) >= 11 is 0. The quantitative estimate of drug-likeness (QED) is 0.132. The molecule has 8 aromatic carbocycles. The second-order valence-electron chi connectivity index (χ2n) is 14.4. The van der Waals surface area contributed by atoms with Crippen molar-refractivity contribution in [1.29, 1.82) is 0 Å². The van der Waals surface area contributed by atoms with Gasteiger partial charge in [-0.25, -0.2) is 4.98 Å². The van der Waals surface area contributed by atoms with Crippen LogP contribution in [0.25, 0.3) is 82.4 Å². The zero-order valence-electron chi connectivity index (χ0n) is 30.5. The van der Waals surface area contributed by atoms with Crippen LogP contribution in [-0.2, 0) is 5.21 Å². The lowest BCUT2D eigenvalue weighted by Crippen LogP contribution is -2.55. The molecule has 0 aliphatic carbocycles. The third kappa shape index (κ3) is 5.56. The molecule has 1 heterocycles. The molecule has 0 bridgehead atoms. The van der Waals surface area contributed by atoms with Crippen LogP contribution in [0.15, 0.2) is 133 Å². The smallest absolute Gasteiger partial charge is 0.120 e. The molecule has 9 aromatic rings. The monoisotopic (exact) mass is 718 g/mol. The van der Waals surface area contributed by atoms with Gasteiger partial charge in [-0.15, -0.1) is 0 Å². The van der Waals surface area contributed by atoms with Crippen molar-refractivity contribution in [3.05, 3.63) is 139 Å². The van der Waals surface area contributed by atoms with E-state index in [1.807, 2.05) is 91.0 Å². The first kappa shape index (κ1) is 36.7. The standard InChI is InChI=1S/C45H25B7N2O3/c46-38-36(41(55)39(47)40(48)42(38)56)24-11-9-10-23(22-24)35-27-14-3-5-16-29(27)37(30-17-6-4-15-28(30)35)31-20-21-33(26-13-2-1-12-25(26)31)54-34-19-8-7-18-32(34)53-43(54)44(49,50)45(51,52)57/h1-22,55-57H. The molecule has 0 aliphatic rings. The Kier molecular flexibility index (Phi) is 8.56. The van der Waals surface area contributed by atoms with Gasteiger partial charge in [-0.05, 0) is 95.1 Å². The summed E-state index contributed by atoms with van der Waals surface area (Å²) in [5, 5.41) is 33.6. The molecule has 0 aliphatic heterocycles. The van der Waals surface area contributed by atoms with E-state index in [0.29, 0.717) is 22.3 Å². The number of fused-ring (bicyclic) bond motifs is 4. The molecule has 0 atom stereocenters. The van der Waals surface area contributed by atoms with E-state index >= 15 is 0 Å². The molecule has 57 heavy (non-hydrogen) atoms. The fraction of sp³-hybridized carbons (Fsp3) is 0.0444. The molecule has 0 amide bonds. The Labute approximate surface area is 338 Å². The summed E-state index contributed by atoms with van der Waals surface area (Å²) in [6.45, 7) is 0. The number of para-hydroxylation sites is 2. The molecule has 254 valence electrons. The summed E-state index contributed by atoms with van der Waals surface area (Å²) in [6.07, 6.45) is 0. The maximum atomic E-state index is 11.1. The lowest BCUT2D eigenvalue weighted by atomic mass is 9.35. The summed E-state index contributed by atoms with van der Waals surface area (Å²) < 4.78 is 1.80. The Morgan fingerprint density at radius 2 is 1.00 bits per heavy atom. The van der Waals surface area contributed by atoms with Gasteiger partial charge in [-0.1, -0.05) is 120 Å². The number of nitrogens with zero attached hydrogens (tertiary/aromatic N) is 2. The Hall–Kier alpha value is -5.98. The minimum absolute atomic E-state index is 0.0714. The van der Waals surface area contributed by atoms with Crippen LogP contribution in [0.3, 0.4) is 0 Å². The van der Waals surface area contributed by atoms with Crippen molar-refractivity contribution >= 4 is 115 Å². The molecular formula is C45H25B7N2O3. The van der Waals surface area contributed by atoms with Gasteiger partial charge in [0.05, 0.1) is 48.1 Å². The van der Waals surface area contributed by atoms with Gasteiger partial charge in [0.2, 0.25) is 0 Å². The van der Waals surface area contributed by atoms with Gasteiger partial charge >= 0.3 is 0 Å². The summed E-state index contributed by atoms with van der Waals surface area (Å²) in [7, 11) is 43.2. The van der Waals surface area contributed by atoms with Crippen LogP contribution >= 0.6 is 0 Å². The molecule has 0 fully saturated rings. The number of benzene rings is 8. The molecule has 0 unspecified atom stereocenters. The molecule has 1 aromatic heterocycles. The highest BCUT2D eigenvalue weighted by Gasteiger charge is 2.39. The topological polar surface area (TPSA) is 78.5 Å². The van der Waals surface area contributed by atoms with E-state index in [9.17, 15) is 15.3 Å². The summed E-state index contributed by atoms with van der Waals surface area (Å²) in [4.78, 5) is 4.73. The highest BCUT2D eigenvalue weighted by atomic mass is 16.3. The molecule has 14 radical (unpaired) electrons. The number of hydrogen-bond donors (Lipinski definition) is 3. The Bertz CT molecular complexity index is 3030. The number of aromatic nitrogens is 2. The van der Waals surface area contributed by atoms with Crippen LogP contribution in [0, 0.1) is 0 Å². The molecule has 3 N–H and O–H groups in total. The number of rotatable bonds is 6. The van der Waals surface area contributed by atoms with Crippen LogP contribution in [0.5, 0.6) is 11.5 Å².